The molecule has 0 aromatic carbocycles. The summed E-state index contributed by atoms with van der Waals surface area (Å²) in [6.45, 7) is -0.602. The Bertz CT molecular complexity index is 929. The number of nitrogens with zero attached hydrogens (tertiary/aromatic N) is 2. The van der Waals surface area contributed by atoms with Crippen LogP contribution >= 0.6 is 45.5 Å². The SMILES string of the molecule is CSSCO[C@H]1CC(n2ccc(N)nc2=O)O[C@@H]1COP(=O)(O)O[P+](=O)OP(=O)(O)O. The number of ether oxygens (including phenoxy) is 2. The number of phosphoric ester groups is 1. The van der Waals surface area contributed by atoms with Crippen molar-refractivity contribution in [1.82, 2.24) is 9.55 Å². The van der Waals surface area contributed by atoms with Gasteiger partial charge in [0.15, 0.2) is 0 Å². The minimum absolute atomic E-state index is 0.0216. The van der Waals surface area contributed by atoms with E-state index in [1.54, 1.807) is 0 Å². The fourth-order valence-corrected chi connectivity index (χ4v) is 5.44. The number of nitrogen functional groups attached to an aromatic ring is 1. The predicted molar refractivity (Wildman–Crippen MR) is 110 cm³/mol. The summed E-state index contributed by atoms with van der Waals surface area (Å²) >= 11 is 0. The Hall–Kier alpha value is -0.380. The molecule has 0 saturated carbocycles. The van der Waals surface area contributed by atoms with Crippen molar-refractivity contribution in [2.75, 3.05) is 24.5 Å². The summed E-state index contributed by atoms with van der Waals surface area (Å²) in [5, 5.41) is 0. The summed E-state index contributed by atoms with van der Waals surface area (Å²) in [5.41, 5.74) is 4.79. The molecule has 1 aliphatic heterocycles. The molecule has 0 spiro atoms. The Morgan fingerprint density at radius 3 is 2.71 bits per heavy atom. The van der Waals surface area contributed by atoms with Crippen LogP contribution in [0.15, 0.2) is 17.1 Å². The second kappa shape index (κ2) is 11.7. The second-order valence-electron chi connectivity index (χ2n) is 5.66. The predicted octanol–water partition coefficient (Wildman–Crippen LogP) is 1.37. The third-order valence-corrected chi connectivity index (χ3v) is 8.22. The van der Waals surface area contributed by atoms with Gasteiger partial charge in [-0.1, -0.05) is 21.6 Å². The van der Waals surface area contributed by atoms with Gasteiger partial charge in [0, 0.05) is 17.2 Å². The molecule has 0 amide bonds. The number of aromatic nitrogens is 2. The fourth-order valence-electron chi connectivity index (χ4n) is 2.38. The molecule has 5 N–H and O–H groups in total. The van der Waals surface area contributed by atoms with Gasteiger partial charge in [0.1, 0.15) is 24.1 Å². The van der Waals surface area contributed by atoms with E-state index in [2.05, 4.69) is 13.6 Å². The number of phosphoric acid groups is 2. The molecule has 2 rings (SSSR count). The van der Waals surface area contributed by atoms with Crippen LogP contribution in [-0.4, -0.2) is 55.2 Å². The first kappa shape index (κ1) is 26.9. The highest BCUT2D eigenvalue weighted by Gasteiger charge is 2.45. The molecule has 3 unspecified atom stereocenters. The molecule has 0 bridgehead atoms. The Labute approximate surface area is 184 Å². The number of hydrogen-bond acceptors (Lipinski definition) is 13. The van der Waals surface area contributed by atoms with E-state index in [0.717, 1.165) is 4.57 Å². The van der Waals surface area contributed by atoms with Crippen LogP contribution in [0.25, 0.3) is 0 Å². The first-order valence-electron chi connectivity index (χ1n) is 8.07. The molecule has 1 saturated heterocycles. The van der Waals surface area contributed by atoms with Gasteiger partial charge in [-0.2, -0.15) is 4.98 Å². The highest BCUT2D eigenvalue weighted by atomic mass is 33.1. The van der Waals surface area contributed by atoms with Gasteiger partial charge in [-0.25, -0.2) is 13.9 Å². The van der Waals surface area contributed by atoms with Crippen molar-refractivity contribution in [3.63, 3.8) is 0 Å². The van der Waals surface area contributed by atoms with Gasteiger partial charge in [0.05, 0.1) is 12.7 Å². The van der Waals surface area contributed by atoms with Gasteiger partial charge in [-0.3, -0.25) is 14.0 Å². The summed E-state index contributed by atoms with van der Waals surface area (Å²) in [6.07, 6.45) is 0.905. The minimum Gasteiger partial charge on any atom is -0.383 e. The largest absolute Gasteiger partial charge is 0.719 e. The normalized spacial score (nSPS) is 24.1. The first-order chi connectivity index (χ1) is 14.4. The number of hydrogen-bond donors (Lipinski definition) is 4. The zero-order valence-corrected chi connectivity index (χ0v) is 20.0. The molecule has 1 aromatic heterocycles. The van der Waals surface area contributed by atoms with Crippen molar-refractivity contribution in [2.45, 2.75) is 24.9 Å². The Morgan fingerprint density at radius 1 is 1.39 bits per heavy atom. The van der Waals surface area contributed by atoms with Gasteiger partial charge in [-0.05, 0) is 20.9 Å². The van der Waals surface area contributed by atoms with Crippen molar-refractivity contribution in [3.05, 3.63) is 22.7 Å². The van der Waals surface area contributed by atoms with Crippen LogP contribution < -0.4 is 11.4 Å². The van der Waals surface area contributed by atoms with E-state index in [0.29, 0.717) is 0 Å². The van der Waals surface area contributed by atoms with Gasteiger partial charge < -0.3 is 25.0 Å². The summed E-state index contributed by atoms with van der Waals surface area (Å²) in [6, 6.07) is 1.39. The standard InChI is InChI=1S/C11H18N3O12P3S2/c1-30-31-6-22-7-4-10(14-3-2-9(12)13-11(14)15)24-8(7)5-23-29(20,21)26-27(16)25-28(17,18)19/h2-3,7-8,10H,4-6H2,1H3,(H4-,12,13,15,17,18,19,20,21)/p+1/t7-,8+,10?/m0/s1. The Kier molecular flexibility index (Phi) is 10.1. The maximum absolute atomic E-state index is 12.1. The fraction of sp³-hybridized carbons (Fsp3) is 0.636. The number of rotatable bonds is 12. The molecule has 20 heteroatoms. The maximum Gasteiger partial charge on any atom is 0.719 e. The third kappa shape index (κ3) is 9.18. The quantitative estimate of drug-likeness (QED) is 0.127. The van der Waals surface area contributed by atoms with Crippen LogP contribution in [0.3, 0.4) is 0 Å². The lowest BCUT2D eigenvalue weighted by Crippen LogP contribution is -2.29. The van der Waals surface area contributed by atoms with Crippen molar-refractivity contribution >= 4 is 51.3 Å². The molecule has 1 aliphatic rings. The number of anilines is 1. The average molecular weight is 542 g/mol. The van der Waals surface area contributed by atoms with E-state index >= 15 is 0 Å². The molecule has 31 heavy (non-hydrogen) atoms. The molecule has 1 fully saturated rings. The Balaban J connectivity index is 2.04. The van der Waals surface area contributed by atoms with Crippen LogP contribution in [0, 0.1) is 0 Å². The van der Waals surface area contributed by atoms with Crippen LogP contribution in [0.4, 0.5) is 5.82 Å². The molecule has 5 atom stereocenters. The highest BCUT2D eigenvalue weighted by Crippen LogP contribution is 2.58. The molecule has 0 aliphatic carbocycles. The van der Waals surface area contributed by atoms with Crippen molar-refractivity contribution in [2.24, 2.45) is 0 Å². The molecule has 176 valence electrons. The zero-order valence-electron chi connectivity index (χ0n) is 15.7. The van der Waals surface area contributed by atoms with Gasteiger partial charge in [0.25, 0.3) is 0 Å². The average Bonchev–Trinajstić information content (AvgIpc) is 3.01. The van der Waals surface area contributed by atoms with Crippen molar-refractivity contribution in [1.29, 1.82) is 0 Å². The van der Waals surface area contributed by atoms with E-state index in [-0.39, 0.29) is 18.2 Å². The zero-order chi connectivity index (χ0) is 23.2. The smallest absolute Gasteiger partial charge is 0.383 e. The molecule has 2 heterocycles. The molecular weight excluding hydrogens is 523 g/mol. The lowest BCUT2D eigenvalue weighted by Gasteiger charge is -2.18. The highest BCUT2D eigenvalue weighted by molar-refractivity contribution is 8.76. The summed E-state index contributed by atoms with van der Waals surface area (Å²) < 4.78 is 58.7. The molecular formula is C11H19N3O12P3S2+. The minimum atomic E-state index is -5.22. The van der Waals surface area contributed by atoms with Crippen LogP contribution in [-0.2, 0) is 36.3 Å². The van der Waals surface area contributed by atoms with Gasteiger partial charge in [-0.15, -0.1) is 0 Å². The number of nitrogens with two attached hydrogens (primary N) is 1. The maximum atomic E-state index is 12.1. The monoisotopic (exact) mass is 542 g/mol. The van der Waals surface area contributed by atoms with E-state index in [1.165, 1.54) is 33.9 Å². The summed E-state index contributed by atoms with van der Waals surface area (Å²) in [7, 11) is -11.1. The summed E-state index contributed by atoms with van der Waals surface area (Å²) in [4.78, 5) is 42.3. The van der Waals surface area contributed by atoms with Crippen LogP contribution in [0.2, 0.25) is 0 Å². The topological polar surface area (TPSA) is 219 Å². The lowest BCUT2D eigenvalue weighted by molar-refractivity contribution is -0.0540. The van der Waals surface area contributed by atoms with E-state index in [1.807, 2.05) is 6.26 Å². The molecule has 1 aromatic rings. The van der Waals surface area contributed by atoms with Gasteiger partial charge in [0.2, 0.25) is 0 Å². The second-order valence-corrected chi connectivity index (χ2v) is 12.1. The first-order valence-corrected chi connectivity index (χ1v) is 14.9. The third-order valence-electron chi connectivity index (χ3n) is 3.54. The Morgan fingerprint density at radius 2 is 2.10 bits per heavy atom. The van der Waals surface area contributed by atoms with E-state index in [4.69, 9.17) is 29.5 Å². The van der Waals surface area contributed by atoms with Crippen molar-refractivity contribution < 1.29 is 51.0 Å². The van der Waals surface area contributed by atoms with Gasteiger partial charge >= 0.3 is 29.6 Å². The van der Waals surface area contributed by atoms with E-state index < -0.39 is 54.6 Å². The molecule has 0 radical (unpaired) electrons. The summed E-state index contributed by atoms with van der Waals surface area (Å²) in [5.74, 6) is 0.260. The molecule has 15 nitrogen and oxygen atoms in total. The van der Waals surface area contributed by atoms with Crippen LogP contribution in [0.5, 0.6) is 0 Å². The lowest BCUT2D eigenvalue weighted by atomic mass is 10.2. The van der Waals surface area contributed by atoms with E-state index in [9.17, 15) is 23.4 Å². The van der Waals surface area contributed by atoms with Crippen LogP contribution in [0.1, 0.15) is 12.6 Å². The van der Waals surface area contributed by atoms with Crippen molar-refractivity contribution in [3.8, 4) is 0 Å².